The summed E-state index contributed by atoms with van der Waals surface area (Å²) < 4.78 is 18.6. The number of rotatable bonds is 9. The first-order chi connectivity index (χ1) is 21.0. The lowest BCUT2D eigenvalue weighted by Gasteiger charge is -2.33. The maximum absolute atomic E-state index is 13.6. The summed E-state index contributed by atoms with van der Waals surface area (Å²) in [5.41, 5.74) is 3.24. The molecule has 2 aliphatic rings. The number of benzene rings is 2. The van der Waals surface area contributed by atoms with E-state index < -0.39 is 24.0 Å². The second kappa shape index (κ2) is 13.0. The number of aromatic nitrogens is 1. The van der Waals surface area contributed by atoms with Crippen molar-refractivity contribution >= 4 is 28.9 Å². The Bertz CT molecular complexity index is 1530. The molecule has 2 heterocycles. The molecular weight excluding hydrogens is 560 g/mol. The van der Waals surface area contributed by atoms with Crippen molar-refractivity contribution in [1.82, 2.24) is 19.7 Å². The summed E-state index contributed by atoms with van der Waals surface area (Å²) in [6.07, 6.45) is 3.76. The minimum absolute atomic E-state index is 0.00322. The van der Waals surface area contributed by atoms with Gasteiger partial charge in [0.25, 0.3) is 0 Å². The molecule has 1 amide bonds. The molecule has 3 unspecified atom stereocenters. The molecular formula is C34H42N4O6. The van der Waals surface area contributed by atoms with Crippen LogP contribution in [0.3, 0.4) is 0 Å². The Morgan fingerprint density at radius 3 is 2.48 bits per heavy atom. The molecule has 0 saturated carbocycles. The highest BCUT2D eigenvalue weighted by molar-refractivity contribution is 6.11. The molecule has 234 valence electrons. The predicted octanol–water partition coefficient (Wildman–Crippen LogP) is 6.13. The SMILES string of the molecule is CC1N(COC(=O)OC(CCNC(=O)OC(C)(C)C)c2ccccc2)C=CN1CC1CCc2c(c3ccccc3n2C)C1=O. The van der Waals surface area contributed by atoms with E-state index in [9.17, 15) is 14.4 Å². The Morgan fingerprint density at radius 2 is 1.73 bits per heavy atom. The minimum atomic E-state index is -0.805. The Hall–Kier alpha value is -4.47. The van der Waals surface area contributed by atoms with Crippen LogP contribution in [0.4, 0.5) is 9.59 Å². The third kappa shape index (κ3) is 7.01. The van der Waals surface area contributed by atoms with Crippen LogP contribution in [0.25, 0.3) is 10.9 Å². The van der Waals surface area contributed by atoms with Gasteiger partial charge in [-0.25, -0.2) is 9.59 Å². The number of ether oxygens (including phenoxy) is 3. The number of Topliss-reactive ketones (excluding diaryl/α,β-unsaturated/α-hetero) is 1. The van der Waals surface area contributed by atoms with Gasteiger partial charge >= 0.3 is 12.2 Å². The van der Waals surface area contributed by atoms with Gasteiger partial charge in [0.15, 0.2) is 12.5 Å². The molecule has 44 heavy (non-hydrogen) atoms. The summed E-state index contributed by atoms with van der Waals surface area (Å²) in [6.45, 7) is 8.24. The fourth-order valence-electron chi connectivity index (χ4n) is 5.92. The molecule has 0 bridgehead atoms. The van der Waals surface area contributed by atoms with Crippen molar-refractivity contribution in [2.24, 2.45) is 13.0 Å². The van der Waals surface area contributed by atoms with E-state index in [2.05, 4.69) is 20.9 Å². The molecule has 3 aromatic rings. The average molecular weight is 603 g/mol. The number of para-hydroxylation sites is 1. The van der Waals surface area contributed by atoms with Gasteiger partial charge in [0, 0.05) is 67.0 Å². The van der Waals surface area contributed by atoms with Gasteiger partial charge in [0.05, 0.1) is 0 Å². The van der Waals surface area contributed by atoms with Crippen molar-refractivity contribution in [3.63, 3.8) is 0 Å². The standard InChI is InChI=1S/C34H42N4O6/c1-23-37(21-25-15-16-28-30(31(25)39)26-13-9-10-14-27(26)36(28)5)19-20-38(23)22-42-33(41)43-29(24-11-7-6-8-12-24)17-18-35-32(40)44-34(2,3)4/h6-14,19-20,23,25,29H,15-18,21-22H2,1-5H3,(H,35,40). The lowest BCUT2D eigenvalue weighted by molar-refractivity contribution is -0.0150. The fraction of sp³-hybridized carbons (Fsp3) is 0.441. The number of amides is 1. The molecule has 2 aromatic carbocycles. The number of ketones is 1. The van der Waals surface area contributed by atoms with Crippen LogP contribution in [-0.2, 0) is 27.7 Å². The first-order valence-electron chi connectivity index (χ1n) is 15.2. The van der Waals surface area contributed by atoms with Crippen molar-refractivity contribution in [2.75, 3.05) is 19.8 Å². The van der Waals surface area contributed by atoms with Crippen molar-refractivity contribution in [3.05, 3.63) is 83.8 Å². The van der Waals surface area contributed by atoms with Gasteiger partial charge in [-0.1, -0.05) is 48.5 Å². The van der Waals surface area contributed by atoms with E-state index in [-0.39, 0.29) is 31.1 Å². The molecule has 0 radical (unpaired) electrons. The lowest BCUT2D eigenvalue weighted by atomic mass is 9.84. The molecule has 1 aliphatic heterocycles. The van der Waals surface area contributed by atoms with Gasteiger partial charge in [-0.2, -0.15) is 0 Å². The van der Waals surface area contributed by atoms with Crippen LogP contribution in [0.15, 0.2) is 67.0 Å². The van der Waals surface area contributed by atoms with E-state index in [0.29, 0.717) is 13.0 Å². The molecule has 1 aliphatic carbocycles. The number of fused-ring (bicyclic) bond motifs is 3. The average Bonchev–Trinajstić information content (AvgIpc) is 3.48. The van der Waals surface area contributed by atoms with Crippen LogP contribution in [0.2, 0.25) is 0 Å². The number of hydrogen-bond acceptors (Lipinski definition) is 8. The summed E-state index contributed by atoms with van der Waals surface area (Å²) in [5, 5.41) is 3.73. The van der Waals surface area contributed by atoms with Crippen LogP contribution in [0.5, 0.6) is 0 Å². The molecule has 5 rings (SSSR count). The van der Waals surface area contributed by atoms with Gasteiger partial charge in [0.1, 0.15) is 17.9 Å². The molecule has 3 atom stereocenters. The summed E-state index contributed by atoms with van der Waals surface area (Å²) in [7, 11) is 2.03. The van der Waals surface area contributed by atoms with Gasteiger partial charge in [0.2, 0.25) is 0 Å². The number of alkyl carbamates (subject to hydrolysis) is 1. The van der Waals surface area contributed by atoms with Crippen molar-refractivity contribution < 1.29 is 28.6 Å². The lowest BCUT2D eigenvalue weighted by Crippen LogP contribution is -2.42. The second-order valence-corrected chi connectivity index (χ2v) is 12.4. The third-order valence-electron chi connectivity index (χ3n) is 8.23. The van der Waals surface area contributed by atoms with Gasteiger partial charge in [-0.15, -0.1) is 0 Å². The number of nitrogens with one attached hydrogen (secondary N) is 1. The van der Waals surface area contributed by atoms with Gasteiger partial charge < -0.3 is 33.9 Å². The summed E-state index contributed by atoms with van der Waals surface area (Å²) in [5.74, 6) is 0.0715. The van der Waals surface area contributed by atoms with E-state index in [0.717, 1.165) is 40.6 Å². The monoisotopic (exact) mass is 602 g/mol. The van der Waals surface area contributed by atoms with Crippen molar-refractivity contribution in [3.8, 4) is 0 Å². The summed E-state index contributed by atoms with van der Waals surface area (Å²) in [4.78, 5) is 42.5. The maximum Gasteiger partial charge on any atom is 0.510 e. The Kier molecular flexibility index (Phi) is 9.17. The van der Waals surface area contributed by atoms with Crippen LogP contribution in [0.1, 0.15) is 68.3 Å². The van der Waals surface area contributed by atoms with E-state index in [4.69, 9.17) is 14.2 Å². The van der Waals surface area contributed by atoms with E-state index in [1.807, 2.05) is 79.8 Å². The highest BCUT2D eigenvalue weighted by atomic mass is 16.7. The molecule has 1 aromatic heterocycles. The number of hydrogen-bond donors (Lipinski definition) is 1. The largest absolute Gasteiger partial charge is 0.510 e. The van der Waals surface area contributed by atoms with E-state index in [1.54, 1.807) is 20.8 Å². The molecule has 0 saturated heterocycles. The quantitative estimate of drug-likeness (QED) is 0.292. The first-order valence-corrected chi connectivity index (χ1v) is 15.2. The number of aryl methyl sites for hydroxylation is 1. The number of carbonyl (C=O) groups is 3. The van der Waals surface area contributed by atoms with Gasteiger partial charge in [-0.05, 0) is 52.2 Å². The van der Waals surface area contributed by atoms with E-state index >= 15 is 0 Å². The smallest absolute Gasteiger partial charge is 0.444 e. The second-order valence-electron chi connectivity index (χ2n) is 12.4. The summed E-state index contributed by atoms with van der Waals surface area (Å²) in [6, 6.07) is 17.4. The zero-order valence-corrected chi connectivity index (χ0v) is 26.1. The highest BCUT2D eigenvalue weighted by Crippen LogP contribution is 2.35. The van der Waals surface area contributed by atoms with Crippen molar-refractivity contribution in [1.29, 1.82) is 0 Å². The van der Waals surface area contributed by atoms with Crippen LogP contribution >= 0.6 is 0 Å². The molecule has 0 fully saturated rings. The topological polar surface area (TPSA) is 102 Å². The third-order valence-corrected chi connectivity index (χ3v) is 8.23. The van der Waals surface area contributed by atoms with Crippen LogP contribution in [-0.4, -0.2) is 64.0 Å². The Morgan fingerprint density at radius 1 is 1.02 bits per heavy atom. The normalized spacial score (nSPS) is 18.7. The maximum atomic E-state index is 13.6. The Labute approximate surface area is 258 Å². The zero-order chi connectivity index (χ0) is 31.4. The summed E-state index contributed by atoms with van der Waals surface area (Å²) >= 11 is 0. The molecule has 10 nitrogen and oxygen atoms in total. The van der Waals surface area contributed by atoms with Crippen LogP contribution < -0.4 is 5.32 Å². The van der Waals surface area contributed by atoms with Gasteiger partial charge in [-0.3, -0.25) is 4.79 Å². The molecule has 0 spiro atoms. The highest BCUT2D eigenvalue weighted by Gasteiger charge is 2.35. The van der Waals surface area contributed by atoms with Crippen LogP contribution in [0, 0.1) is 5.92 Å². The zero-order valence-electron chi connectivity index (χ0n) is 26.1. The van der Waals surface area contributed by atoms with E-state index in [1.165, 1.54) is 0 Å². The molecule has 1 N–H and O–H groups in total. The minimum Gasteiger partial charge on any atom is -0.444 e. The fourth-order valence-corrected chi connectivity index (χ4v) is 5.92. The molecule has 10 heteroatoms. The predicted molar refractivity (Wildman–Crippen MR) is 167 cm³/mol. The number of carbonyl (C=O) groups excluding carboxylic acids is 3. The number of nitrogens with zero attached hydrogens (tertiary/aromatic N) is 3. The van der Waals surface area contributed by atoms with Crippen molar-refractivity contribution in [2.45, 2.75) is 64.8 Å². The first kappa shape index (κ1) is 31.0. The Balaban J connectivity index is 1.13.